The lowest BCUT2D eigenvalue weighted by Gasteiger charge is -2.14. The van der Waals surface area contributed by atoms with Crippen molar-refractivity contribution in [2.75, 3.05) is 13.7 Å². The van der Waals surface area contributed by atoms with E-state index < -0.39 is 12.0 Å². The van der Waals surface area contributed by atoms with Crippen LogP contribution in [0.25, 0.3) is 0 Å². The molecule has 0 aliphatic carbocycles. The molecule has 5 nitrogen and oxygen atoms in total. The first-order chi connectivity index (χ1) is 7.51. The molecule has 0 amide bonds. The van der Waals surface area contributed by atoms with E-state index in [0.717, 1.165) is 5.56 Å². The molecule has 0 bridgehead atoms. The van der Waals surface area contributed by atoms with Crippen LogP contribution in [0.15, 0.2) is 12.1 Å². The minimum atomic E-state index is -0.591. The zero-order valence-corrected chi connectivity index (χ0v) is 9.36. The molecule has 0 fully saturated rings. The SMILES string of the molecule is COC(=O)c1cc(C)cc([C@H](N)CN)c1O. The highest BCUT2D eigenvalue weighted by molar-refractivity contribution is 5.93. The Kier molecular flexibility index (Phi) is 3.87. The molecule has 0 saturated carbocycles. The fourth-order valence-corrected chi connectivity index (χ4v) is 1.48. The Hall–Kier alpha value is -1.59. The number of aryl methyl sites for hydroxylation is 1. The van der Waals surface area contributed by atoms with Gasteiger partial charge in [0.25, 0.3) is 0 Å². The number of benzene rings is 1. The Morgan fingerprint density at radius 1 is 1.56 bits per heavy atom. The van der Waals surface area contributed by atoms with Gasteiger partial charge in [0.2, 0.25) is 0 Å². The fourth-order valence-electron chi connectivity index (χ4n) is 1.48. The molecule has 0 aliphatic rings. The van der Waals surface area contributed by atoms with Crippen molar-refractivity contribution in [3.05, 3.63) is 28.8 Å². The van der Waals surface area contributed by atoms with Gasteiger partial charge >= 0.3 is 5.97 Å². The van der Waals surface area contributed by atoms with E-state index in [4.69, 9.17) is 11.5 Å². The first-order valence-corrected chi connectivity index (χ1v) is 4.88. The van der Waals surface area contributed by atoms with E-state index >= 15 is 0 Å². The lowest BCUT2D eigenvalue weighted by molar-refractivity contribution is 0.0597. The summed E-state index contributed by atoms with van der Waals surface area (Å²) < 4.78 is 4.57. The van der Waals surface area contributed by atoms with Gasteiger partial charge in [-0.15, -0.1) is 0 Å². The number of hydrogen-bond donors (Lipinski definition) is 3. The van der Waals surface area contributed by atoms with Crippen molar-refractivity contribution >= 4 is 5.97 Å². The van der Waals surface area contributed by atoms with Gasteiger partial charge in [0.15, 0.2) is 0 Å². The summed E-state index contributed by atoms with van der Waals surface area (Å²) in [6.07, 6.45) is 0. The van der Waals surface area contributed by atoms with Crippen molar-refractivity contribution in [2.24, 2.45) is 11.5 Å². The number of esters is 1. The van der Waals surface area contributed by atoms with E-state index in [1.807, 2.05) is 0 Å². The molecule has 0 heterocycles. The van der Waals surface area contributed by atoms with Gasteiger partial charge in [-0.2, -0.15) is 0 Å². The minimum absolute atomic E-state index is 0.112. The molecule has 88 valence electrons. The average molecular weight is 224 g/mol. The molecule has 0 saturated heterocycles. The number of phenolic OH excluding ortho intramolecular Hbond substituents is 1. The predicted octanol–water partition coefficient (Wildman–Crippen LogP) is 0.446. The molecule has 0 spiro atoms. The summed E-state index contributed by atoms with van der Waals surface area (Å²) in [5, 5.41) is 9.88. The standard InChI is InChI=1S/C11H16N2O3/c1-6-3-7(9(13)5-12)10(14)8(4-6)11(15)16-2/h3-4,9,14H,5,12-13H2,1-2H3/t9-/m1/s1. The Morgan fingerprint density at radius 3 is 2.69 bits per heavy atom. The summed E-state index contributed by atoms with van der Waals surface area (Å²) in [4.78, 5) is 11.4. The number of rotatable bonds is 3. The molecule has 1 atom stereocenters. The third kappa shape index (κ3) is 2.32. The van der Waals surface area contributed by atoms with Gasteiger partial charge in [0.1, 0.15) is 11.3 Å². The summed E-state index contributed by atoms with van der Waals surface area (Å²) in [7, 11) is 1.26. The molecule has 1 aromatic carbocycles. The number of ether oxygens (including phenoxy) is 1. The number of carbonyl (C=O) groups excluding carboxylic acids is 1. The number of methoxy groups -OCH3 is 1. The second-order valence-corrected chi connectivity index (χ2v) is 3.58. The zero-order valence-electron chi connectivity index (χ0n) is 9.36. The maximum Gasteiger partial charge on any atom is 0.341 e. The zero-order chi connectivity index (χ0) is 12.3. The Bertz CT molecular complexity index is 404. The fraction of sp³-hybridized carbons (Fsp3) is 0.364. The Morgan fingerprint density at radius 2 is 2.19 bits per heavy atom. The molecule has 1 rings (SSSR count). The maximum absolute atomic E-state index is 11.4. The van der Waals surface area contributed by atoms with Crippen LogP contribution in [0.1, 0.15) is 27.5 Å². The van der Waals surface area contributed by atoms with E-state index in [0.29, 0.717) is 5.56 Å². The first kappa shape index (κ1) is 12.5. The summed E-state index contributed by atoms with van der Waals surface area (Å²) in [6.45, 7) is 2.00. The van der Waals surface area contributed by atoms with E-state index in [-0.39, 0.29) is 17.9 Å². The summed E-state index contributed by atoms with van der Waals surface area (Å²) in [5.41, 5.74) is 12.6. The molecule has 0 radical (unpaired) electrons. The molecule has 0 aromatic heterocycles. The van der Waals surface area contributed by atoms with E-state index in [9.17, 15) is 9.90 Å². The van der Waals surface area contributed by atoms with Crippen LogP contribution in [-0.2, 0) is 4.74 Å². The van der Waals surface area contributed by atoms with Gasteiger partial charge in [0, 0.05) is 18.2 Å². The summed E-state index contributed by atoms with van der Waals surface area (Å²) in [5.74, 6) is -0.748. The Labute approximate surface area is 94.0 Å². The summed E-state index contributed by atoms with van der Waals surface area (Å²) >= 11 is 0. The summed E-state index contributed by atoms with van der Waals surface area (Å²) in [6, 6.07) is 2.76. The van der Waals surface area contributed by atoms with Gasteiger partial charge in [-0.05, 0) is 18.6 Å². The number of hydrogen-bond acceptors (Lipinski definition) is 5. The quantitative estimate of drug-likeness (QED) is 0.647. The van der Waals surface area contributed by atoms with Crippen molar-refractivity contribution in [3.63, 3.8) is 0 Å². The molecule has 5 heteroatoms. The van der Waals surface area contributed by atoms with Gasteiger partial charge in [0.05, 0.1) is 7.11 Å². The van der Waals surface area contributed by atoms with Crippen molar-refractivity contribution in [3.8, 4) is 5.75 Å². The molecule has 1 aromatic rings. The molecular formula is C11H16N2O3. The number of aromatic hydroxyl groups is 1. The van der Waals surface area contributed by atoms with E-state index in [1.165, 1.54) is 7.11 Å². The van der Waals surface area contributed by atoms with Gasteiger partial charge in [-0.3, -0.25) is 0 Å². The topological polar surface area (TPSA) is 98.6 Å². The van der Waals surface area contributed by atoms with Gasteiger partial charge in [-0.1, -0.05) is 6.07 Å². The van der Waals surface area contributed by atoms with Crippen LogP contribution in [0.5, 0.6) is 5.75 Å². The van der Waals surface area contributed by atoms with Crippen molar-refractivity contribution < 1.29 is 14.6 Å². The van der Waals surface area contributed by atoms with Crippen molar-refractivity contribution in [1.82, 2.24) is 0 Å². The number of carbonyl (C=O) groups is 1. The van der Waals surface area contributed by atoms with Crippen molar-refractivity contribution in [2.45, 2.75) is 13.0 Å². The van der Waals surface area contributed by atoms with Crippen LogP contribution < -0.4 is 11.5 Å². The molecule has 5 N–H and O–H groups in total. The van der Waals surface area contributed by atoms with Crippen LogP contribution in [0.2, 0.25) is 0 Å². The highest BCUT2D eigenvalue weighted by atomic mass is 16.5. The van der Waals surface area contributed by atoms with Crippen LogP contribution in [0, 0.1) is 6.92 Å². The highest BCUT2D eigenvalue weighted by Gasteiger charge is 2.18. The first-order valence-electron chi connectivity index (χ1n) is 4.88. The molecule has 0 unspecified atom stereocenters. The number of nitrogens with two attached hydrogens (primary N) is 2. The monoisotopic (exact) mass is 224 g/mol. The van der Waals surface area contributed by atoms with Crippen LogP contribution in [0.4, 0.5) is 0 Å². The predicted molar refractivity (Wildman–Crippen MR) is 60.2 cm³/mol. The molecule has 16 heavy (non-hydrogen) atoms. The van der Waals surface area contributed by atoms with Crippen molar-refractivity contribution in [1.29, 1.82) is 0 Å². The van der Waals surface area contributed by atoms with Crippen LogP contribution in [0.3, 0.4) is 0 Å². The molecular weight excluding hydrogens is 208 g/mol. The van der Waals surface area contributed by atoms with Crippen LogP contribution in [-0.4, -0.2) is 24.7 Å². The normalized spacial score (nSPS) is 12.2. The minimum Gasteiger partial charge on any atom is -0.507 e. The number of phenols is 1. The van der Waals surface area contributed by atoms with Gasteiger partial charge < -0.3 is 21.3 Å². The highest BCUT2D eigenvalue weighted by Crippen LogP contribution is 2.28. The smallest absolute Gasteiger partial charge is 0.341 e. The lowest BCUT2D eigenvalue weighted by Crippen LogP contribution is -2.21. The third-order valence-corrected chi connectivity index (χ3v) is 2.34. The average Bonchev–Trinajstić information content (AvgIpc) is 2.29. The van der Waals surface area contributed by atoms with E-state index in [1.54, 1.807) is 19.1 Å². The van der Waals surface area contributed by atoms with E-state index in [2.05, 4.69) is 4.74 Å². The maximum atomic E-state index is 11.4. The molecule has 0 aliphatic heterocycles. The Balaban J connectivity index is 3.31. The van der Waals surface area contributed by atoms with Gasteiger partial charge in [-0.25, -0.2) is 4.79 Å². The van der Waals surface area contributed by atoms with Crippen LogP contribution >= 0.6 is 0 Å². The third-order valence-electron chi connectivity index (χ3n) is 2.34. The lowest BCUT2D eigenvalue weighted by atomic mass is 9.99. The largest absolute Gasteiger partial charge is 0.507 e. The second kappa shape index (κ2) is 4.96. The second-order valence-electron chi connectivity index (χ2n) is 3.58.